The molecule has 2 rings (SSSR count). The largest absolute Gasteiger partial charge is 0.383 e. The van der Waals surface area contributed by atoms with Gasteiger partial charge in [-0.25, -0.2) is 0 Å². The highest BCUT2D eigenvalue weighted by molar-refractivity contribution is 5.97. The van der Waals surface area contributed by atoms with Crippen molar-refractivity contribution in [3.05, 3.63) is 36.0 Å². The molecule has 5 heteroatoms. The number of fused-ring (bicyclic) bond motifs is 1. The molecule has 19 heavy (non-hydrogen) atoms. The van der Waals surface area contributed by atoms with Crippen LogP contribution in [0.3, 0.4) is 0 Å². The fraction of sp³-hybridized carbons (Fsp3) is 0.286. The van der Waals surface area contributed by atoms with Crippen molar-refractivity contribution in [1.82, 2.24) is 9.88 Å². The molecule has 0 aliphatic carbocycles. The van der Waals surface area contributed by atoms with E-state index in [1.807, 2.05) is 29.0 Å². The molecule has 100 valence electrons. The third-order valence-corrected chi connectivity index (χ3v) is 2.92. The first-order chi connectivity index (χ1) is 9.26. The number of aldehydes is 1. The van der Waals surface area contributed by atoms with Crippen molar-refractivity contribution >= 4 is 23.1 Å². The van der Waals surface area contributed by atoms with Gasteiger partial charge in [-0.2, -0.15) is 0 Å². The minimum atomic E-state index is -0.0777. The first kappa shape index (κ1) is 13.3. The molecule has 0 spiro atoms. The van der Waals surface area contributed by atoms with E-state index in [1.54, 1.807) is 13.2 Å². The lowest BCUT2D eigenvalue weighted by Gasteiger charge is -2.07. The topological polar surface area (TPSA) is 60.3 Å². The van der Waals surface area contributed by atoms with Crippen LogP contribution in [0.4, 0.5) is 0 Å². The Morgan fingerprint density at radius 3 is 3.00 bits per heavy atom. The summed E-state index contributed by atoms with van der Waals surface area (Å²) in [7, 11) is 1.59. The Morgan fingerprint density at radius 1 is 1.42 bits per heavy atom. The Labute approximate surface area is 111 Å². The molecule has 0 fully saturated rings. The van der Waals surface area contributed by atoms with E-state index in [0.29, 0.717) is 18.7 Å². The third kappa shape index (κ3) is 3.00. The summed E-state index contributed by atoms with van der Waals surface area (Å²) in [5.74, 6) is -0.0777. The van der Waals surface area contributed by atoms with Crippen LogP contribution in [0, 0.1) is 0 Å². The van der Waals surface area contributed by atoms with Crippen LogP contribution in [0.25, 0.3) is 10.9 Å². The maximum absolute atomic E-state index is 11.7. The Balaban J connectivity index is 2.13. The molecular weight excluding hydrogens is 244 g/mol. The lowest BCUT2D eigenvalue weighted by molar-refractivity contribution is -0.121. The summed E-state index contributed by atoms with van der Waals surface area (Å²) in [5, 5.41) is 3.62. The zero-order chi connectivity index (χ0) is 13.7. The van der Waals surface area contributed by atoms with Crippen LogP contribution in [-0.2, 0) is 16.1 Å². The number of carbonyl (C=O) groups excluding carboxylic acids is 2. The second kappa shape index (κ2) is 6.15. The van der Waals surface area contributed by atoms with E-state index >= 15 is 0 Å². The molecule has 0 aliphatic rings. The third-order valence-electron chi connectivity index (χ3n) is 2.92. The molecule has 0 saturated heterocycles. The summed E-state index contributed by atoms with van der Waals surface area (Å²) in [6.07, 6.45) is 2.64. The van der Waals surface area contributed by atoms with Gasteiger partial charge in [-0.05, 0) is 12.1 Å². The van der Waals surface area contributed by atoms with Gasteiger partial charge in [-0.1, -0.05) is 12.1 Å². The van der Waals surface area contributed by atoms with Crippen LogP contribution in [-0.4, -0.2) is 37.0 Å². The van der Waals surface area contributed by atoms with Gasteiger partial charge in [-0.3, -0.25) is 9.59 Å². The molecule has 5 nitrogen and oxygen atoms in total. The summed E-state index contributed by atoms with van der Waals surface area (Å²) in [6.45, 7) is 1.22. The molecule has 1 aromatic heterocycles. The number of hydrogen-bond acceptors (Lipinski definition) is 3. The van der Waals surface area contributed by atoms with Crippen LogP contribution in [0.1, 0.15) is 10.4 Å². The van der Waals surface area contributed by atoms with E-state index in [9.17, 15) is 9.59 Å². The highest BCUT2D eigenvalue weighted by atomic mass is 16.5. The van der Waals surface area contributed by atoms with Gasteiger partial charge in [0, 0.05) is 36.3 Å². The molecule has 0 aliphatic heterocycles. The van der Waals surface area contributed by atoms with Crippen LogP contribution >= 0.6 is 0 Å². The Hall–Kier alpha value is -2.14. The molecule has 1 heterocycles. The summed E-state index contributed by atoms with van der Waals surface area (Å²) < 4.78 is 6.69. The summed E-state index contributed by atoms with van der Waals surface area (Å²) in [4.78, 5) is 22.7. The SMILES string of the molecule is COCCNC(=O)Cn1ccc2c(C=O)cccc21. The van der Waals surface area contributed by atoms with Crippen molar-refractivity contribution in [3.63, 3.8) is 0 Å². The predicted molar refractivity (Wildman–Crippen MR) is 72.2 cm³/mol. The molecule has 0 bridgehead atoms. The first-order valence-electron chi connectivity index (χ1n) is 6.05. The summed E-state index contributed by atoms with van der Waals surface area (Å²) in [5.41, 5.74) is 1.52. The molecule has 0 radical (unpaired) electrons. The molecule has 1 N–H and O–H groups in total. The molecule has 2 aromatic rings. The Morgan fingerprint density at radius 2 is 2.26 bits per heavy atom. The maximum atomic E-state index is 11.7. The fourth-order valence-electron chi connectivity index (χ4n) is 1.99. The lowest BCUT2D eigenvalue weighted by atomic mass is 10.1. The van der Waals surface area contributed by atoms with Crippen LogP contribution in [0.5, 0.6) is 0 Å². The molecule has 0 atom stereocenters. The van der Waals surface area contributed by atoms with Crippen molar-refractivity contribution in [2.24, 2.45) is 0 Å². The van der Waals surface area contributed by atoms with Gasteiger partial charge in [0.25, 0.3) is 0 Å². The number of amides is 1. The zero-order valence-corrected chi connectivity index (χ0v) is 10.8. The first-order valence-corrected chi connectivity index (χ1v) is 6.05. The molecular formula is C14H16N2O3. The predicted octanol–water partition coefficient (Wildman–Crippen LogP) is 1.22. The van der Waals surface area contributed by atoms with Gasteiger partial charge < -0.3 is 14.6 Å². The van der Waals surface area contributed by atoms with Gasteiger partial charge in [0.1, 0.15) is 6.54 Å². The number of hydrogen-bond donors (Lipinski definition) is 1. The Bertz CT molecular complexity index is 589. The van der Waals surface area contributed by atoms with Crippen LogP contribution in [0.2, 0.25) is 0 Å². The second-order valence-electron chi connectivity index (χ2n) is 4.18. The average molecular weight is 260 g/mol. The number of nitrogens with zero attached hydrogens (tertiary/aromatic N) is 1. The minimum Gasteiger partial charge on any atom is -0.383 e. The van der Waals surface area contributed by atoms with Crippen molar-refractivity contribution in [3.8, 4) is 0 Å². The summed E-state index contributed by atoms with van der Waals surface area (Å²) in [6, 6.07) is 7.32. The number of nitrogens with one attached hydrogen (secondary N) is 1. The smallest absolute Gasteiger partial charge is 0.240 e. The standard InChI is InChI=1S/C14H16N2O3/c1-19-8-6-15-14(18)9-16-7-5-12-11(10-17)3-2-4-13(12)16/h2-5,7,10H,6,8-9H2,1H3,(H,15,18). The van der Waals surface area contributed by atoms with Gasteiger partial charge in [0.15, 0.2) is 6.29 Å². The normalized spacial score (nSPS) is 10.6. The average Bonchev–Trinajstić information content (AvgIpc) is 2.82. The van der Waals surface area contributed by atoms with E-state index in [2.05, 4.69) is 5.32 Å². The van der Waals surface area contributed by atoms with Crippen molar-refractivity contribution in [2.45, 2.75) is 6.54 Å². The summed E-state index contributed by atoms with van der Waals surface area (Å²) >= 11 is 0. The monoisotopic (exact) mass is 260 g/mol. The highest BCUT2D eigenvalue weighted by Crippen LogP contribution is 2.18. The minimum absolute atomic E-state index is 0.0777. The fourth-order valence-corrected chi connectivity index (χ4v) is 1.99. The second-order valence-corrected chi connectivity index (χ2v) is 4.18. The van der Waals surface area contributed by atoms with E-state index < -0.39 is 0 Å². The zero-order valence-electron chi connectivity index (χ0n) is 10.8. The molecule has 1 amide bonds. The number of methoxy groups -OCH3 is 1. The number of benzene rings is 1. The van der Waals surface area contributed by atoms with E-state index in [4.69, 9.17) is 4.74 Å². The van der Waals surface area contributed by atoms with Gasteiger partial charge in [0.2, 0.25) is 5.91 Å². The molecule has 0 saturated carbocycles. The van der Waals surface area contributed by atoms with Crippen LogP contribution in [0.15, 0.2) is 30.5 Å². The van der Waals surface area contributed by atoms with Crippen molar-refractivity contribution in [1.29, 1.82) is 0 Å². The van der Waals surface area contributed by atoms with Gasteiger partial charge in [-0.15, -0.1) is 0 Å². The number of aromatic nitrogens is 1. The highest BCUT2D eigenvalue weighted by Gasteiger charge is 2.07. The van der Waals surface area contributed by atoms with Gasteiger partial charge in [0.05, 0.1) is 6.61 Å². The lowest BCUT2D eigenvalue weighted by Crippen LogP contribution is -2.30. The van der Waals surface area contributed by atoms with Crippen molar-refractivity contribution < 1.29 is 14.3 Å². The van der Waals surface area contributed by atoms with Gasteiger partial charge >= 0.3 is 0 Å². The van der Waals surface area contributed by atoms with Crippen molar-refractivity contribution in [2.75, 3.05) is 20.3 Å². The number of ether oxygens (including phenoxy) is 1. The molecule has 1 aromatic carbocycles. The van der Waals surface area contributed by atoms with E-state index in [1.165, 1.54) is 0 Å². The van der Waals surface area contributed by atoms with E-state index in [-0.39, 0.29) is 12.5 Å². The maximum Gasteiger partial charge on any atom is 0.240 e. The quantitative estimate of drug-likeness (QED) is 0.627. The Kier molecular flexibility index (Phi) is 4.30. The molecule has 0 unspecified atom stereocenters. The van der Waals surface area contributed by atoms with Crippen LogP contribution < -0.4 is 5.32 Å². The number of rotatable bonds is 6. The number of carbonyl (C=O) groups is 2. The van der Waals surface area contributed by atoms with E-state index in [0.717, 1.165) is 17.2 Å².